The lowest BCUT2D eigenvalue weighted by Gasteiger charge is -2.26. The predicted molar refractivity (Wildman–Crippen MR) is 121 cm³/mol. The molecule has 7 nitrogen and oxygen atoms in total. The largest absolute Gasteiger partial charge is 0.507 e. The first-order chi connectivity index (χ1) is 15.7. The van der Waals surface area contributed by atoms with Crippen molar-refractivity contribution >= 4 is 29.1 Å². The van der Waals surface area contributed by atoms with E-state index in [-0.39, 0.29) is 52.5 Å². The Kier molecular flexibility index (Phi) is 7.61. The number of likely N-dealkylation sites (tertiary alicyclic amines) is 1. The van der Waals surface area contributed by atoms with Crippen LogP contribution in [-0.4, -0.2) is 55.2 Å². The third-order valence-electron chi connectivity index (χ3n) is 5.25. The van der Waals surface area contributed by atoms with Gasteiger partial charge < -0.3 is 24.2 Å². The lowest BCUT2D eigenvalue weighted by molar-refractivity contribution is -0.140. The quantitative estimate of drug-likeness (QED) is 0.346. The molecule has 0 radical (unpaired) electrons. The molecule has 2 aromatic rings. The normalized spacial score (nSPS) is 17.7. The first-order valence-corrected chi connectivity index (χ1v) is 10.6. The highest BCUT2D eigenvalue weighted by Gasteiger charge is 2.47. The summed E-state index contributed by atoms with van der Waals surface area (Å²) in [4.78, 5) is 27.2. The molecule has 1 unspecified atom stereocenters. The van der Waals surface area contributed by atoms with Crippen LogP contribution in [-0.2, 0) is 14.3 Å². The number of aliphatic hydroxyl groups is 1. The molecule has 1 amide bonds. The molecule has 33 heavy (non-hydrogen) atoms. The number of carbonyl (C=O) groups is 2. The fourth-order valence-electron chi connectivity index (χ4n) is 3.71. The topological polar surface area (TPSA) is 85.3 Å². The van der Waals surface area contributed by atoms with Gasteiger partial charge in [0.2, 0.25) is 0 Å². The number of methoxy groups -OCH3 is 2. The van der Waals surface area contributed by atoms with Gasteiger partial charge in [0, 0.05) is 18.2 Å². The molecule has 9 heteroatoms. The molecule has 0 aromatic heterocycles. The van der Waals surface area contributed by atoms with Crippen molar-refractivity contribution in [2.24, 2.45) is 0 Å². The molecular weight excluding hydrogens is 453 g/mol. The zero-order valence-electron chi connectivity index (χ0n) is 18.7. The van der Waals surface area contributed by atoms with Crippen molar-refractivity contribution in [3.8, 4) is 11.5 Å². The number of amides is 1. The second-order valence-corrected chi connectivity index (χ2v) is 8.03. The molecule has 1 heterocycles. The fraction of sp³-hybridized carbons (Fsp3) is 0.333. The molecule has 0 saturated carbocycles. The second kappa shape index (κ2) is 10.2. The van der Waals surface area contributed by atoms with Crippen molar-refractivity contribution in [2.75, 3.05) is 27.4 Å². The summed E-state index contributed by atoms with van der Waals surface area (Å²) in [5.41, 5.74) is -0.114. The van der Waals surface area contributed by atoms with Crippen LogP contribution in [0.2, 0.25) is 5.02 Å². The second-order valence-electron chi connectivity index (χ2n) is 7.62. The molecule has 1 fully saturated rings. The summed E-state index contributed by atoms with van der Waals surface area (Å²) >= 11 is 6.15. The molecule has 1 aliphatic rings. The van der Waals surface area contributed by atoms with E-state index in [1.165, 1.54) is 49.5 Å². The number of nitrogens with zero attached hydrogens (tertiary/aromatic N) is 1. The molecule has 1 atom stereocenters. The van der Waals surface area contributed by atoms with E-state index < -0.39 is 29.3 Å². The van der Waals surface area contributed by atoms with Crippen LogP contribution in [0.4, 0.5) is 4.39 Å². The molecule has 0 spiro atoms. The van der Waals surface area contributed by atoms with Crippen molar-refractivity contribution in [3.63, 3.8) is 0 Å². The molecule has 1 aliphatic heterocycles. The van der Waals surface area contributed by atoms with Crippen LogP contribution in [0, 0.1) is 5.82 Å². The molecule has 3 rings (SSSR count). The number of aliphatic hydroxyl groups excluding tert-OH is 1. The molecule has 2 aromatic carbocycles. The van der Waals surface area contributed by atoms with E-state index in [9.17, 15) is 19.1 Å². The summed E-state index contributed by atoms with van der Waals surface area (Å²) in [6, 6.07) is 7.44. The molecule has 176 valence electrons. The molecule has 0 bridgehead atoms. The highest BCUT2D eigenvalue weighted by Crippen LogP contribution is 2.43. The van der Waals surface area contributed by atoms with Crippen LogP contribution in [0.3, 0.4) is 0 Å². The number of ketones is 1. The van der Waals surface area contributed by atoms with Crippen LogP contribution in [0.25, 0.3) is 5.76 Å². The monoisotopic (exact) mass is 477 g/mol. The van der Waals surface area contributed by atoms with Gasteiger partial charge in [0.1, 0.15) is 23.1 Å². The maximum absolute atomic E-state index is 14.8. The number of benzene rings is 2. The smallest absolute Gasteiger partial charge is 0.295 e. The summed E-state index contributed by atoms with van der Waals surface area (Å²) in [6.45, 7) is 3.83. The minimum absolute atomic E-state index is 0.0274. The Morgan fingerprint density at radius 1 is 1.15 bits per heavy atom. The van der Waals surface area contributed by atoms with Gasteiger partial charge in [-0.1, -0.05) is 29.8 Å². The lowest BCUT2D eigenvalue weighted by atomic mass is 9.94. The van der Waals surface area contributed by atoms with E-state index >= 15 is 0 Å². The van der Waals surface area contributed by atoms with Crippen molar-refractivity contribution in [3.05, 3.63) is 63.9 Å². The zero-order valence-corrected chi connectivity index (χ0v) is 19.5. The van der Waals surface area contributed by atoms with Crippen LogP contribution >= 0.6 is 11.6 Å². The van der Waals surface area contributed by atoms with Crippen LogP contribution in [0.1, 0.15) is 31.0 Å². The van der Waals surface area contributed by atoms with Gasteiger partial charge in [0.05, 0.1) is 49.1 Å². The average molecular weight is 478 g/mol. The van der Waals surface area contributed by atoms with Crippen molar-refractivity contribution in [1.29, 1.82) is 0 Å². The highest BCUT2D eigenvalue weighted by molar-refractivity contribution is 6.46. The number of hydrogen-bond donors (Lipinski definition) is 1. The standard InChI is InChI=1S/C24H25ClFNO6/c1-13(2)33-10-9-27-21(14-7-5-6-8-17(14)26)20(23(29)24(27)30)22(28)15-11-19(32-4)16(25)12-18(15)31-3/h5-8,11-13,21,28H,9-10H2,1-4H3/b22-20+. The molecular formula is C24H25ClFNO6. The van der Waals surface area contributed by atoms with Crippen molar-refractivity contribution in [2.45, 2.75) is 26.0 Å². The number of rotatable bonds is 8. The summed E-state index contributed by atoms with van der Waals surface area (Å²) < 4.78 is 30.9. The van der Waals surface area contributed by atoms with Crippen molar-refractivity contribution in [1.82, 2.24) is 4.90 Å². The summed E-state index contributed by atoms with van der Waals surface area (Å²) in [7, 11) is 2.76. The summed E-state index contributed by atoms with van der Waals surface area (Å²) in [6.07, 6.45) is -0.0977. The lowest BCUT2D eigenvalue weighted by Crippen LogP contribution is -2.33. The SMILES string of the molecule is COc1cc(/C(O)=C2\C(=O)C(=O)N(CCOC(C)C)C2c2ccccc2F)c(OC)cc1Cl. The Hall–Kier alpha value is -3.10. The fourth-order valence-corrected chi connectivity index (χ4v) is 3.94. The van der Waals surface area contributed by atoms with Gasteiger partial charge in [0.15, 0.2) is 0 Å². The summed E-state index contributed by atoms with van der Waals surface area (Å²) in [5, 5.41) is 11.5. The minimum atomic E-state index is -1.16. The Morgan fingerprint density at radius 2 is 1.82 bits per heavy atom. The van der Waals surface area contributed by atoms with E-state index in [0.717, 1.165) is 0 Å². The summed E-state index contributed by atoms with van der Waals surface area (Å²) in [5.74, 6) is -2.58. The van der Waals surface area contributed by atoms with Gasteiger partial charge in [-0.3, -0.25) is 9.59 Å². The van der Waals surface area contributed by atoms with Gasteiger partial charge in [-0.15, -0.1) is 0 Å². The Bertz CT molecular complexity index is 1100. The number of carbonyl (C=O) groups excluding carboxylic acids is 2. The first kappa shape index (κ1) is 24.5. The number of halogens is 2. The zero-order chi connectivity index (χ0) is 24.3. The highest BCUT2D eigenvalue weighted by atomic mass is 35.5. The van der Waals surface area contributed by atoms with E-state index in [0.29, 0.717) is 0 Å². The Labute approximate surface area is 196 Å². The first-order valence-electron chi connectivity index (χ1n) is 10.3. The van der Waals surface area contributed by atoms with Crippen molar-refractivity contribution < 1.29 is 33.3 Å². The maximum Gasteiger partial charge on any atom is 0.295 e. The van der Waals surface area contributed by atoms with E-state index in [1.807, 2.05) is 13.8 Å². The Morgan fingerprint density at radius 3 is 2.42 bits per heavy atom. The maximum atomic E-state index is 14.8. The number of Topliss-reactive ketones (excluding diaryl/α,β-unsaturated/α-hetero) is 1. The van der Waals surface area contributed by atoms with Crippen LogP contribution < -0.4 is 9.47 Å². The van der Waals surface area contributed by atoms with Crippen LogP contribution in [0.5, 0.6) is 11.5 Å². The van der Waals surface area contributed by atoms with E-state index in [1.54, 1.807) is 6.07 Å². The molecule has 0 aliphatic carbocycles. The van der Waals surface area contributed by atoms with E-state index in [2.05, 4.69) is 0 Å². The minimum Gasteiger partial charge on any atom is -0.507 e. The van der Waals surface area contributed by atoms with Gasteiger partial charge in [0.25, 0.3) is 11.7 Å². The van der Waals surface area contributed by atoms with Crippen LogP contribution in [0.15, 0.2) is 42.0 Å². The number of hydrogen-bond acceptors (Lipinski definition) is 6. The van der Waals surface area contributed by atoms with Gasteiger partial charge in [-0.05, 0) is 26.0 Å². The van der Waals surface area contributed by atoms with Gasteiger partial charge in [-0.2, -0.15) is 0 Å². The number of ether oxygens (including phenoxy) is 3. The average Bonchev–Trinajstić information content (AvgIpc) is 3.03. The van der Waals surface area contributed by atoms with Gasteiger partial charge in [-0.25, -0.2) is 4.39 Å². The third-order valence-corrected chi connectivity index (χ3v) is 5.55. The third kappa shape index (κ3) is 4.82. The predicted octanol–water partition coefficient (Wildman–Crippen LogP) is 4.34. The van der Waals surface area contributed by atoms with Gasteiger partial charge >= 0.3 is 0 Å². The van der Waals surface area contributed by atoms with E-state index in [4.69, 9.17) is 25.8 Å². The Balaban J connectivity index is 2.21. The molecule has 1 saturated heterocycles. The molecule has 1 N–H and O–H groups in total.